The molecule has 0 atom stereocenters. The third-order valence-corrected chi connectivity index (χ3v) is 3.89. The van der Waals surface area contributed by atoms with Crippen molar-refractivity contribution in [2.24, 2.45) is 0 Å². The maximum Gasteiger partial charge on any atom is 0.358 e. The summed E-state index contributed by atoms with van der Waals surface area (Å²) >= 11 is 5.60. The van der Waals surface area contributed by atoms with Crippen LogP contribution >= 0.6 is 11.6 Å². The molecule has 0 saturated heterocycles. The zero-order chi connectivity index (χ0) is 12.3. The zero-order valence-electron chi connectivity index (χ0n) is 8.73. The minimum absolute atomic E-state index is 0.0375. The number of carbonyl (C=O) groups excluding carboxylic acids is 1. The van der Waals surface area contributed by atoms with Gasteiger partial charge in [0.25, 0.3) is 0 Å². The lowest BCUT2D eigenvalue weighted by Gasteiger charge is -2.06. The number of sulfone groups is 1. The van der Waals surface area contributed by atoms with Crippen molar-refractivity contribution in [2.75, 3.05) is 12.9 Å². The van der Waals surface area contributed by atoms with Gasteiger partial charge < -0.3 is 4.74 Å². The summed E-state index contributed by atoms with van der Waals surface area (Å²) < 4.78 is 27.8. The average molecular weight is 264 g/mol. The lowest BCUT2D eigenvalue weighted by Crippen LogP contribution is -2.14. The molecule has 1 heterocycles. The van der Waals surface area contributed by atoms with E-state index in [1.165, 1.54) is 19.1 Å². The second-order valence-corrected chi connectivity index (χ2v) is 5.51. The molecule has 1 aromatic heterocycles. The Morgan fingerprint density at radius 2 is 2.12 bits per heavy atom. The summed E-state index contributed by atoms with van der Waals surface area (Å²) in [5.41, 5.74) is -0.281. The third kappa shape index (κ3) is 2.51. The molecule has 0 aliphatic carbocycles. The van der Waals surface area contributed by atoms with Crippen molar-refractivity contribution in [1.82, 2.24) is 4.98 Å². The van der Waals surface area contributed by atoms with Gasteiger partial charge in [0, 0.05) is 0 Å². The van der Waals surface area contributed by atoms with Gasteiger partial charge in [-0.1, -0.05) is 18.5 Å². The average Bonchev–Trinajstić information content (AvgIpc) is 2.27. The van der Waals surface area contributed by atoms with Crippen LogP contribution in [0.25, 0.3) is 0 Å². The molecule has 1 aromatic rings. The normalized spacial score (nSPS) is 11.2. The van der Waals surface area contributed by atoms with E-state index in [9.17, 15) is 13.2 Å². The van der Waals surface area contributed by atoms with E-state index >= 15 is 0 Å². The zero-order valence-corrected chi connectivity index (χ0v) is 10.3. The first kappa shape index (κ1) is 12.9. The fourth-order valence-corrected chi connectivity index (χ4v) is 2.23. The molecule has 16 heavy (non-hydrogen) atoms. The predicted octanol–water partition coefficient (Wildman–Crippen LogP) is 1.32. The molecule has 0 fully saturated rings. The van der Waals surface area contributed by atoms with Gasteiger partial charge in [0.2, 0.25) is 0 Å². The molecular weight excluding hydrogens is 254 g/mol. The van der Waals surface area contributed by atoms with E-state index in [-0.39, 0.29) is 21.5 Å². The predicted molar refractivity (Wildman–Crippen MR) is 58.3 cm³/mol. The van der Waals surface area contributed by atoms with Crippen LogP contribution in [0.3, 0.4) is 0 Å². The van der Waals surface area contributed by atoms with Gasteiger partial charge in [0.1, 0.15) is 10.0 Å². The molecule has 0 aromatic carbocycles. The van der Waals surface area contributed by atoms with Gasteiger partial charge in [-0.25, -0.2) is 18.2 Å². The number of nitrogens with zero attached hydrogens (tertiary/aromatic N) is 1. The summed E-state index contributed by atoms with van der Waals surface area (Å²) in [7, 11) is -2.38. The van der Waals surface area contributed by atoms with Crippen LogP contribution in [0.15, 0.2) is 17.0 Å². The summed E-state index contributed by atoms with van der Waals surface area (Å²) in [6.45, 7) is 1.48. The van der Waals surface area contributed by atoms with Gasteiger partial charge in [-0.15, -0.1) is 0 Å². The molecule has 0 unspecified atom stereocenters. The van der Waals surface area contributed by atoms with Crippen LogP contribution < -0.4 is 0 Å². The van der Waals surface area contributed by atoms with Crippen LogP contribution in [0.5, 0.6) is 0 Å². The number of hydrogen-bond donors (Lipinski definition) is 0. The standard InChI is InChI=1S/C9H10ClNO4S/c1-3-16(13,14)6-4-5-7(10)11-8(6)9(12)15-2/h4-5H,3H2,1-2H3. The minimum Gasteiger partial charge on any atom is -0.464 e. The highest BCUT2D eigenvalue weighted by molar-refractivity contribution is 7.91. The molecule has 1 rings (SSSR count). The first-order valence-corrected chi connectivity index (χ1v) is 6.43. The van der Waals surface area contributed by atoms with Gasteiger partial charge in [-0.2, -0.15) is 0 Å². The van der Waals surface area contributed by atoms with Crippen molar-refractivity contribution in [3.63, 3.8) is 0 Å². The Morgan fingerprint density at radius 3 is 2.62 bits per heavy atom. The first-order chi connectivity index (χ1) is 7.42. The van der Waals surface area contributed by atoms with Crippen LogP contribution in [0, 0.1) is 0 Å². The number of carbonyl (C=O) groups is 1. The van der Waals surface area contributed by atoms with Gasteiger partial charge in [-0.05, 0) is 12.1 Å². The van der Waals surface area contributed by atoms with E-state index < -0.39 is 15.8 Å². The highest BCUT2D eigenvalue weighted by Gasteiger charge is 2.23. The molecular formula is C9H10ClNO4S. The Labute approximate surface area is 98.3 Å². The summed E-state index contributed by atoms with van der Waals surface area (Å²) in [5, 5.41) is 0.0375. The van der Waals surface area contributed by atoms with E-state index in [0.717, 1.165) is 7.11 Å². The molecule has 0 spiro atoms. The molecule has 0 radical (unpaired) electrons. The van der Waals surface area contributed by atoms with Crippen LogP contribution in [-0.4, -0.2) is 32.2 Å². The lowest BCUT2D eigenvalue weighted by atomic mass is 10.3. The van der Waals surface area contributed by atoms with Crippen LogP contribution in [0.4, 0.5) is 0 Å². The smallest absolute Gasteiger partial charge is 0.358 e. The first-order valence-electron chi connectivity index (χ1n) is 4.40. The van der Waals surface area contributed by atoms with Crippen LogP contribution in [0.1, 0.15) is 17.4 Å². The third-order valence-electron chi connectivity index (χ3n) is 1.92. The fraction of sp³-hybridized carbons (Fsp3) is 0.333. The summed E-state index contributed by atoms with van der Waals surface area (Å²) in [6, 6.07) is 2.57. The van der Waals surface area contributed by atoms with E-state index in [1.54, 1.807) is 0 Å². The Kier molecular flexibility index (Phi) is 3.88. The number of halogens is 1. The maximum absolute atomic E-state index is 11.7. The molecule has 0 aliphatic rings. The number of aromatic nitrogens is 1. The fourth-order valence-electron chi connectivity index (χ4n) is 1.07. The monoisotopic (exact) mass is 263 g/mol. The number of hydrogen-bond acceptors (Lipinski definition) is 5. The molecule has 0 aliphatic heterocycles. The quantitative estimate of drug-likeness (QED) is 0.607. The Hall–Kier alpha value is -1.14. The number of methoxy groups -OCH3 is 1. The molecule has 0 amide bonds. The molecule has 0 bridgehead atoms. The summed E-state index contributed by atoms with van der Waals surface area (Å²) in [4.78, 5) is 14.9. The van der Waals surface area contributed by atoms with E-state index in [4.69, 9.17) is 11.6 Å². The lowest BCUT2D eigenvalue weighted by molar-refractivity contribution is 0.0589. The van der Waals surface area contributed by atoms with Gasteiger partial charge in [0.15, 0.2) is 15.5 Å². The minimum atomic E-state index is -3.52. The number of esters is 1. The van der Waals surface area contributed by atoms with E-state index in [0.29, 0.717) is 0 Å². The highest BCUT2D eigenvalue weighted by Crippen LogP contribution is 2.19. The summed E-state index contributed by atoms with van der Waals surface area (Å²) in [5.74, 6) is -0.949. The highest BCUT2D eigenvalue weighted by atomic mass is 35.5. The molecule has 5 nitrogen and oxygen atoms in total. The van der Waals surface area contributed by atoms with Gasteiger partial charge in [0.05, 0.1) is 12.9 Å². The van der Waals surface area contributed by atoms with E-state index in [2.05, 4.69) is 9.72 Å². The van der Waals surface area contributed by atoms with Crippen molar-refractivity contribution in [1.29, 1.82) is 0 Å². The van der Waals surface area contributed by atoms with Crippen molar-refractivity contribution in [2.45, 2.75) is 11.8 Å². The van der Waals surface area contributed by atoms with Gasteiger partial charge in [-0.3, -0.25) is 0 Å². The van der Waals surface area contributed by atoms with Crippen LogP contribution in [-0.2, 0) is 14.6 Å². The van der Waals surface area contributed by atoms with Crippen molar-refractivity contribution in [3.05, 3.63) is 23.0 Å². The second-order valence-electron chi connectivity index (χ2n) is 2.88. The van der Waals surface area contributed by atoms with Crippen molar-refractivity contribution in [3.8, 4) is 0 Å². The molecule has 88 valence electrons. The number of rotatable bonds is 3. The number of ether oxygens (including phenoxy) is 1. The summed E-state index contributed by atoms with van der Waals surface area (Å²) in [6.07, 6.45) is 0. The largest absolute Gasteiger partial charge is 0.464 e. The Bertz CT molecular complexity index is 512. The maximum atomic E-state index is 11.7. The Morgan fingerprint density at radius 1 is 1.50 bits per heavy atom. The molecule has 0 saturated carbocycles. The van der Waals surface area contributed by atoms with Crippen molar-refractivity contribution < 1.29 is 17.9 Å². The van der Waals surface area contributed by atoms with Gasteiger partial charge >= 0.3 is 5.97 Å². The molecule has 7 heteroatoms. The van der Waals surface area contributed by atoms with Crippen LogP contribution in [0.2, 0.25) is 5.15 Å². The number of pyridine rings is 1. The SMILES string of the molecule is CCS(=O)(=O)c1ccc(Cl)nc1C(=O)OC. The molecule has 0 N–H and O–H groups in total. The van der Waals surface area contributed by atoms with Crippen molar-refractivity contribution >= 4 is 27.4 Å². The second kappa shape index (κ2) is 4.80. The van der Waals surface area contributed by atoms with E-state index in [1.807, 2.05) is 0 Å². The topological polar surface area (TPSA) is 73.3 Å². The Balaban J connectivity index is 3.46.